The Bertz CT molecular complexity index is 377. The van der Waals surface area contributed by atoms with E-state index in [1.807, 2.05) is 6.92 Å². The third-order valence-corrected chi connectivity index (χ3v) is 2.62. The van der Waals surface area contributed by atoms with Gasteiger partial charge in [0.25, 0.3) is 0 Å². The normalized spacial score (nSPS) is 10.1. The van der Waals surface area contributed by atoms with Gasteiger partial charge in [-0.2, -0.15) is 0 Å². The highest BCUT2D eigenvalue weighted by Gasteiger charge is 2.08. The molecule has 0 bridgehead atoms. The van der Waals surface area contributed by atoms with Crippen LogP contribution in [0, 0.1) is 13.8 Å². The molecule has 0 spiro atoms. The molecule has 4 heteroatoms. The fourth-order valence-corrected chi connectivity index (χ4v) is 1.63. The van der Waals surface area contributed by atoms with Crippen LogP contribution in [-0.2, 0) is 4.79 Å². The Kier molecular flexibility index (Phi) is 4.15. The summed E-state index contributed by atoms with van der Waals surface area (Å²) >= 11 is 3.20. The molecule has 15 heavy (non-hydrogen) atoms. The van der Waals surface area contributed by atoms with E-state index in [0.717, 1.165) is 5.56 Å². The van der Waals surface area contributed by atoms with Gasteiger partial charge < -0.3 is 10.4 Å². The summed E-state index contributed by atoms with van der Waals surface area (Å²) in [6, 6.07) is 3.59. The van der Waals surface area contributed by atoms with Crippen LogP contribution in [0.5, 0.6) is 5.75 Å². The van der Waals surface area contributed by atoms with Gasteiger partial charge >= 0.3 is 0 Å². The van der Waals surface area contributed by atoms with Crippen molar-refractivity contribution >= 4 is 27.5 Å². The molecule has 3 nitrogen and oxygen atoms in total. The number of alkyl halides is 1. The van der Waals surface area contributed by atoms with Gasteiger partial charge in [-0.15, -0.1) is 0 Å². The summed E-state index contributed by atoms with van der Waals surface area (Å²) < 4.78 is 0. The number of amides is 1. The third kappa shape index (κ3) is 2.96. The molecule has 0 aliphatic carbocycles. The Balaban J connectivity index is 2.87. The number of anilines is 1. The number of hydrogen-bond donors (Lipinski definition) is 2. The van der Waals surface area contributed by atoms with Crippen molar-refractivity contribution < 1.29 is 9.90 Å². The second-order valence-corrected chi connectivity index (χ2v) is 4.18. The maximum absolute atomic E-state index is 11.3. The molecule has 0 radical (unpaired) electrons. The molecule has 0 saturated heterocycles. The van der Waals surface area contributed by atoms with Crippen molar-refractivity contribution in [3.8, 4) is 5.75 Å². The number of phenolic OH excluding ortho intramolecular Hbond substituents is 1. The Morgan fingerprint density at radius 1 is 1.47 bits per heavy atom. The van der Waals surface area contributed by atoms with Crippen molar-refractivity contribution in [2.45, 2.75) is 20.3 Å². The molecule has 0 heterocycles. The lowest BCUT2D eigenvalue weighted by Gasteiger charge is -2.10. The number of carbonyl (C=O) groups is 1. The summed E-state index contributed by atoms with van der Waals surface area (Å²) in [6.07, 6.45) is 0.425. The first-order chi connectivity index (χ1) is 7.06. The molecular formula is C11H14BrNO2. The predicted octanol–water partition coefficient (Wildman–Crippen LogP) is 2.73. The minimum Gasteiger partial charge on any atom is -0.507 e. The zero-order valence-corrected chi connectivity index (χ0v) is 10.4. The van der Waals surface area contributed by atoms with Gasteiger partial charge in [-0.3, -0.25) is 4.79 Å². The fourth-order valence-electron chi connectivity index (χ4n) is 1.27. The number of carbonyl (C=O) groups excluding carboxylic acids is 1. The van der Waals surface area contributed by atoms with Crippen LogP contribution in [0.1, 0.15) is 17.5 Å². The molecule has 1 aromatic rings. The smallest absolute Gasteiger partial charge is 0.225 e. The number of nitrogens with one attached hydrogen (secondary N) is 1. The lowest BCUT2D eigenvalue weighted by molar-refractivity contribution is -0.115. The highest BCUT2D eigenvalue weighted by atomic mass is 79.9. The lowest BCUT2D eigenvalue weighted by Crippen LogP contribution is -2.12. The second kappa shape index (κ2) is 5.16. The summed E-state index contributed by atoms with van der Waals surface area (Å²) in [5, 5.41) is 13.1. The summed E-state index contributed by atoms with van der Waals surface area (Å²) in [6.45, 7) is 3.61. The largest absolute Gasteiger partial charge is 0.507 e. The molecule has 1 amide bonds. The van der Waals surface area contributed by atoms with Crippen LogP contribution in [0.4, 0.5) is 5.69 Å². The fraction of sp³-hybridized carbons (Fsp3) is 0.364. The van der Waals surface area contributed by atoms with Crippen LogP contribution in [0.25, 0.3) is 0 Å². The minimum atomic E-state index is -0.0572. The van der Waals surface area contributed by atoms with E-state index in [2.05, 4.69) is 21.2 Å². The number of aromatic hydroxyl groups is 1. The van der Waals surface area contributed by atoms with Gasteiger partial charge in [0.05, 0.1) is 0 Å². The number of benzene rings is 1. The lowest BCUT2D eigenvalue weighted by atomic mass is 10.1. The molecule has 0 atom stereocenters. The summed E-state index contributed by atoms with van der Waals surface area (Å²) in [4.78, 5) is 11.3. The molecule has 0 aliphatic rings. The van der Waals surface area contributed by atoms with E-state index in [9.17, 15) is 9.90 Å². The molecule has 0 aromatic heterocycles. The van der Waals surface area contributed by atoms with Gasteiger partial charge in [0.2, 0.25) is 5.91 Å². The standard InChI is InChI=1S/C11H14BrNO2/c1-7-3-4-9(8(2)11(7)15)13-10(14)5-6-12/h3-4,15H,5-6H2,1-2H3,(H,13,14). The molecule has 0 fully saturated rings. The van der Waals surface area contributed by atoms with Gasteiger partial charge in [0, 0.05) is 23.0 Å². The highest BCUT2D eigenvalue weighted by Crippen LogP contribution is 2.27. The van der Waals surface area contributed by atoms with Crippen molar-refractivity contribution in [1.29, 1.82) is 0 Å². The first kappa shape index (κ1) is 12.0. The molecule has 1 aromatic carbocycles. The van der Waals surface area contributed by atoms with E-state index >= 15 is 0 Å². The van der Waals surface area contributed by atoms with Crippen molar-refractivity contribution in [1.82, 2.24) is 0 Å². The average molecular weight is 272 g/mol. The van der Waals surface area contributed by atoms with Crippen molar-refractivity contribution in [3.63, 3.8) is 0 Å². The zero-order valence-electron chi connectivity index (χ0n) is 8.80. The topological polar surface area (TPSA) is 49.3 Å². The number of halogens is 1. The monoisotopic (exact) mass is 271 g/mol. The van der Waals surface area contributed by atoms with Crippen molar-refractivity contribution in [3.05, 3.63) is 23.3 Å². The van der Waals surface area contributed by atoms with Crippen LogP contribution >= 0.6 is 15.9 Å². The Morgan fingerprint density at radius 3 is 2.73 bits per heavy atom. The molecule has 0 saturated carbocycles. The number of hydrogen-bond acceptors (Lipinski definition) is 2. The molecule has 82 valence electrons. The minimum absolute atomic E-state index is 0.0572. The molecule has 2 N–H and O–H groups in total. The third-order valence-electron chi connectivity index (χ3n) is 2.23. The quantitative estimate of drug-likeness (QED) is 0.831. The summed E-state index contributed by atoms with van der Waals surface area (Å²) in [5.41, 5.74) is 2.19. The van der Waals surface area contributed by atoms with Crippen LogP contribution in [-0.4, -0.2) is 16.3 Å². The summed E-state index contributed by atoms with van der Waals surface area (Å²) in [7, 11) is 0. The van der Waals surface area contributed by atoms with Gasteiger partial charge in [0.1, 0.15) is 5.75 Å². The predicted molar refractivity (Wildman–Crippen MR) is 64.6 cm³/mol. The van der Waals surface area contributed by atoms with E-state index in [1.165, 1.54) is 0 Å². The Labute approximate surface area is 97.6 Å². The molecule has 0 aliphatic heterocycles. The van der Waals surface area contributed by atoms with E-state index in [1.54, 1.807) is 19.1 Å². The second-order valence-electron chi connectivity index (χ2n) is 3.39. The van der Waals surface area contributed by atoms with E-state index in [4.69, 9.17) is 0 Å². The zero-order chi connectivity index (χ0) is 11.4. The van der Waals surface area contributed by atoms with E-state index < -0.39 is 0 Å². The highest BCUT2D eigenvalue weighted by molar-refractivity contribution is 9.09. The Morgan fingerprint density at radius 2 is 2.13 bits per heavy atom. The first-order valence-electron chi connectivity index (χ1n) is 4.71. The SMILES string of the molecule is Cc1ccc(NC(=O)CCBr)c(C)c1O. The van der Waals surface area contributed by atoms with Crippen molar-refractivity contribution in [2.75, 3.05) is 10.6 Å². The van der Waals surface area contributed by atoms with Gasteiger partial charge in [-0.1, -0.05) is 22.0 Å². The average Bonchev–Trinajstić information content (AvgIpc) is 2.20. The number of rotatable bonds is 3. The van der Waals surface area contributed by atoms with Crippen LogP contribution < -0.4 is 5.32 Å². The van der Waals surface area contributed by atoms with Gasteiger partial charge in [0.15, 0.2) is 0 Å². The molecule has 1 rings (SSSR count). The Hall–Kier alpha value is -1.03. The first-order valence-corrected chi connectivity index (χ1v) is 5.83. The van der Waals surface area contributed by atoms with E-state index in [-0.39, 0.29) is 11.7 Å². The number of phenols is 1. The summed E-state index contributed by atoms with van der Waals surface area (Å²) in [5.74, 6) is 0.185. The van der Waals surface area contributed by atoms with Crippen LogP contribution in [0.2, 0.25) is 0 Å². The molecule has 0 unspecified atom stereocenters. The van der Waals surface area contributed by atoms with Crippen LogP contribution in [0.15, 0.2) is 12.1 Å². The van der Waals surface area contributed by atoms with Gasteiger partial charge in [-0.05, 0) is 25.5 Å². The van der Waals surface area contributed by atoms with Crippen molar-refractivity contribution in [2.24, 2.45) is 0 Å². The van der Waals surface area contributed by atoms with Gasteiger partial charge in [-0.25, -0.2) is 0 Å². The maximum Gasteiger partial charge on any atom is 0.225 e. The molecular weight excluding hydrogens is 258 g/mol. The maximum atomic E-state index is 11.3. The van der Waals surface area contributed by atoms with E-state index in [0.29, 0.717) is 23.0 Å². The van der Waals surface area contributed by atoms with Crippen LogP contribution in [0.3, 0.4) is 0 Å². The number of aryl methyl sites for hydroxylation is 1.